The van der Waals surface area contributed by atoms with Gasteiger partial charge in [0, 0.05) is 18.3 Å². The normalized spacial score (nSPS) is 11.5. The molecule has 10 heteroatoms. The minimum absolute atomic E-state index is 0. The van der Waals surface area contributed by atoms with Gasteiger partial charge >= 0.3 is 6.18 Å². The van der Waals surface area contributed by atoms with Crippen molar-refractivity contribution in [1.82, 2.24) is 10.3 Å². The van der Waals surface area contributed by atoms with Gasteiger partial charge in [-0.15, -0.1) is 24.8 Å². The van der Waals surface area contributed by atoms with E-state index in [2.05, 4.69) is 15.0 Å². The Morgan fingerprint density at radius 3 is 2.42 bits per heavy atom. The number of nitrogens with two attached hydrogens (primary N) is 1. The molecule has 26 heavy (non-hydrogen) atoms. The average Bonchev–Trinajstić information content (AvgIpc) is 2.58. The molecule has 144 valence electrons. The molecular formula is C16H18Cl2F3N3O2. The van der Waals surface area contributed by atoms with Crippen LogP contribution >= 0.6 is 24.8 Å². The molecule has 2 rings (SSSR count). The third-order valence-electron chi connectivity index (χ3n) is 3.12. The summed E-state index contributed by atoms with van der Waals surface area (Å²) in [6.07, 6.45) is -3.15. The molecule has 1 atom stereocenters. The second-order valence-corrected chi connectivity index (χ2v) is 4.98. The van der Waals surface area contributed by atoms with E-state index in [4.69, 9.17) is 5.73 Å². The van der Waals surface area contributed by atoms with Gasteiger partial charge in [-0.05, 0) is 11.6 Å². The van der Waals surface area contributed by atoms with E-state index in [1.807, 2.05) is 0 Å². The lowest BCUT2D eigenvalue weighted by Gasteiger charge is -2.15. The van der Waals surface area contributed by atoms with Crippen molar-refractivity contribution in [3.8, 4) is 5.88 Å². The number of halogens is 5. The highest BCUT2D eigenvalue weighted by Gasteiger charge is 2.29. The van der Waals surface area contributed by atoms with Gasteiger partial charge < -0.3 is 15.8 Å². The van der Waals surface area contributed by atoms with Crippen LogP contribution in [0.3, 0.4) is 0 Å². The number of pyridine rings is 1. The molecule has 1 amide bonds. The van der Waals surface area contributed by atoms with Crippen LogP contribution in [-0.4, -0.2) is 23.7 Å². The molecule has 1 heterocycles. The number of benzene rings is 1. The highest BCUT2D eigenvalue weighted by Crippen LogP contribution is 2.20. The summed E-state index contributed by atoms with van der Waals surface area (Å²) in [5.41, 5.74) is 6.81. The Hall–Kier alpha value is -2.03. The van der Waals surface area contributed by atoms with Gasteiger partial charge in [-0.3, -0.25) is 4.79 Å². The van der Waals surface area contributed by atoms with Gasteiger partial charge in [0.25, 0.3) is 0 Å². The van der Waals surface area contributed by atoms with Crippen LogP contribution in [0, 0.1) is 0 Å². The van der Waals surface area contributed by atoms with Crippen LogP contribution in [0.1, 0.15) is 17.2 Å². The molecule has 1 aromatic heterocycles. The second-order valence-electron chi connectivity index (χ2n) is 4.98. The van der Waals surface area contributed by atoms with E-state index in [9.17, 15) is 18.0 Å². The molecule has 0 aliphatic carbocycles. The predicted molar refractivity (Wildman–Crippen MR) is 95.5 cm³/mol. The molecule has 2 aromatic rings. The van der Waals surface area contributed by atoms with Gasteiger partial charge in [0.1, 0.15) is 6.04 Å². The van der Waals surface area contributed by atoms with Gasteiger partial charge in [-0.1, -0.05) is 36.4 Å². The maximum atomic E-state index is 12.2. The SMILES string of the molecule is Cl.Cl.NC(C(=O)NCc1cccnc1OCC(F)(F)F)c1ccccc1. The predicted octanol–water partition coefficient (Wildman–Crippen LogP) is 3.18. The fourth-order valence-corrected chi connectivity index (χ4v) is 1.94. The second kappa shape index (κ2) is 10.8. The zero-order valence-electron chi connectivity index (χ0n) is 13.4. The third kappa shape index (κ3) is 7.47. The zero-order chi connectivity index (χ0) is 17.6. The number of hydrogen-bond donors (Lipinski definition) is 2. The largest absolute Gasteiger partial charge is 0.468 e. The van der Waals surface area contributed by atoms with E-state index < -0.39 is 24.7 Å². The minimum Gasteiger partial charge on any atom is -0.468 e. The number of ether oxygens (including phenoxy) is 1. The van der Waals surface area contributed by atoms with Crippen molar-refractivity contribution in [1.29, 1.82) is 0 Å². The fraction of sp³-hybridized carbons (Fsp3) is 0.250. The van der Waals surface area contributed by atoms with Gasteiger partial charge in [-0.25, -0.2) is 4.98 Å². The summed E-state index contributed by atoms with van der Waals surface area (Å²) in [5, 5.41) is 2.57. The summed E-state index contributed by atoms with van der Waals surface area (Å²) in [7, 11) is 0. The van der Waals surface area contributed by atoms with E-state index >= 15 is 0 Å². The van der Waals surface area contributed by atoms with Crippen LogP contribution in [0.25, 0.3) is 0 Å². The number of amides is 1. The summed E-state index contributed by atoms with van der Waals surface area (Å²) in [6, 6.07) is 10.9. The first-order valence-electron chi connectivity index (χ1n) is 7.08. The van der Waals surface area contributed by atoms with E-state index in [1.165, 1.54) is 12.3 Å². The molecule has 1 aromatic carbocycles. The summed E-state index contributed by atoms with van der Waals surface area (Å²) < 4.78 is 41.4. The van der Waals surface area contributed by atoms with Crippen molar-refractivity contribution in [2.24, 2.45) is 5.73 Å². The average molecular weight is 412 g/mol. The van der Waals surface area contributed by atoms with Crippen LogP contribution in [-0.2, 0) is 11.3 Å². The number of hydrogen-bond acceptors (Lipinski definition) is 4. The van der Waals surface area contributed by atoms with Crippen molar-refractivity contribution in [2.75, 3.05) is 6.61 Å². The quantitative estimate of drug-likeness (QED) is 0.764. The number of carbonyl (C=O) groups is 1. The summed E-state index contributed by atoms with van der Waals surface area (Å²) in [6.45, 7) is -1.49. The number of carbonyl (C=O) groups excluding carboxylic acids is 1. The Balaban J connectivity index is 0.00000312. The van der Waals surface area contributed by atoms with Crippen molar-refractivity contribution < 1.29 is 22.7 Å². The standard InChI is InChI=1S/C16H16F3N3O2.2ClH/c17-16(18,19)10-24-15-12(7-4-8-21-15)9-22-14(23)13(20)11-5-2-1-3-6-11;;/h1-8,13H,9-10,20H2,(H,22,23);2*1H. The molecule has 3 N–H and O–H groups in total. The van der Waals surface area contributed by atoms with Gasteiger partial charge in [-0.2, -0.15) is 13.2 Å². The lowest BCUT2D eigenvalue weighted by molar-refractivity contribution is -0.154. The van der Waals surface area contributed by atoms with Crippen molar-refractivity contribution in [2.45, 2.75) is 18.8 Å². The van der Waals surface area contributed by atoms with Crippen LogP contribution in [0.15, 0.2) is 48.7 Å². The lowest BCUT2D eigenvalue weighted by atomic mass is 10.1. The molecule has 0 aliphatic heterocycles. The van der Waals surface area contributed by atoms with E-state index in [-0.39, 0.29) is 37.2 Å². The first-order chi connectivity index (χ1) is 11.4. The molecule has 0 saturated heterocycles. The number of rotatable bonds is 6. The number of nitrogens with zero attached hydrogens (tertiary/aromatic N) is 1. The zero-order valence-corrected chi connectivity index (χ0v) is 15.0. The molecule has 5 nitrogen and oxygen atoms in total. The van der Waals surface area contributed by atoms with Crippen LogP contribution in [0.4, 0.5) is 13.2 Å². The lowest BCUT2D eigenvalue weighted by Crippen LogP contribution is -2.33. The molecule has 0 saturated carbocycles. The van der Waals surface area contributed by atoms with E-state index in [0.717, 1.165) is 0 Å². The van der Waals surface area contributed by atoms with Crippen LogP contribution in [0.2, 0.25) is 0 Å². The Morgan fingerprint density at radius 1 is 1.15 bits per heavy atom. The smallest absolute Gasteiger partial charge is 0.422 e. The van der Waals surface area contributed by atoms with Crippen LogP contribution < -0.4 is 15.8 Å². The molecule has 0 aliphatic rings. The van der Waals surface area contributed by atoms with Gasteiger partial charge in [0.15, 0.2) is 6.61 Å². The highest BCUT2D eigenvalue weighted by molar-refractivity contribution is 5.85. The van der Waals surface area contributed by atoms with Gasteiger partial charge in [0.2, 0.25) is 11.8 Å². The fourth-order valence-electron chi connectivity index (χ4n) is 1.94. The highest BCUT2D eigenvalue weighted by atomic mass is 35.5. The molecule has 0 spiro atoms. The summed E-state index contributed by atoms with van der Waals surface area (Å²) in [5.74, 6) is -0.629. The molecule has 0 bridgehead atoms. The van der Waals surface area contributed by atoms with Crippen molar-refractivity contribution in [3.63, 3.8) is 0 Å². The van der Waals surface area contributed by atoms with Crippen LogP contribution in [0.5, 0.6) is 5.88 Å². The van der Waals surface area contributed by atoms with E-state index in [1.54, 1.807) is 36.4 Å². The van der Waals surface area contributed by atoms with Crippen molar-refractivity contribution in [3.05, 3.63) is 59.8 Å². The Labute approximate surface area is 161 Å². The first-order valence-corrected chi connectivity index (χ1v) is 7.08. The Kier molecular flexibility index (Phi) is 10.0. The summed E-state index contributed by atoms with van der Waals surface area (Å²) >= 11 is 0. The first kappa shape index (κ1) is 24.0. The Morgan fingerprint density at radius 2 is 1.81 bits per heavy atom. The molecule has 1 unspecified atom stereocenters. The molecule has 0 radical (unpaired) electrons. The van der Waals surface area contributed by atoms with Crippen molar-refractivity contribution >= 4 is 30.7 Å². The van der Waals surface area contributed by atoms with E-state index in [0.29, 0.717) is 11.1 Å². The Bertz CT molecular complexity index is 688. The maximum Gasteiger partial charge on any atom is 0.422 e. The number of nitrogens with one attached hydrogen (secondary N) is 1. The monoisotopic (exact) mass is 411 g/mol. The summed E-state index contributed by atoms with van der Waals surface area (Å²) in [4.78, 5) is 15.8. The molecular weight excluding hydrogens is 394 g/mol. The third-order valence-corrected chi connectivity index (χ3v) is 3.12. The topological polar surface area (TPSA) is 77.2 Å². The maximum absolute atomic E-state index is 12.2. The number of alkyl halides is 3. The minimum atomic E-state index is -4.46. The van der Waals surface area contributed by atoms with Gasteiger partial charge in [0.05, 0.1) is 0 Å². The number of aromatic nitrogens is 1. The molecule has 0 fully saturated rings.